The Bertz CT molecular complexity index is 554. The zero-order valence-electron chi connectivity index (χ0n) is 10.1. The summed E-state index contributed by atoms with van der Waals surface area (Å²) in [6, 6.07) is 9.64. The van der Waals surface area contributed by atoms with E-state index in [4.69, 9.17) is 18.0 Å². The lowest BCUT2D eigenvalue weighted by atomic mass is 10.1. The summed E-state index contributed by atoms with van der Waals surface area (Å²) in [6.45, 7) is 2.61. The van der Waals surface area contributed by atoms with Gasteiger partial charge in [0.1, 0.15) is 4.99 Å². The van der Waals surface area contributed by atoms with E-state index in [1.54, 1.807) is 6.20 Å². The zero-order chi connectivity index (χ0) is 13.0. The molecule has 4 nitrogen and oxygen atoms in total. The molecule has 0 saturated carbocycles. The third kappa shape index (κ3) is 2.81. The number of nitrogens with two attached hydrogens (primary N) is 1. The Labute approximate surface area is 111 Å². The maximum Gasteiger partial charge on any atom is 0.106 e. The molecule has 1 aromatic carbocycles. The van der Waals surface area contributed by atoms with Crippen molar-refractivity contribution in [2.45, 2.75) is 13.5 Å². The van der Waals surface area contributed by atoms with Gasteiger partial charge in [0.25, 0.3) is 0 Å². The fourth-order valence-electron chi connectivity index (χ4n) is 1.71. The Balaban J connectivity index is 2.21. The minimum absolute atomic E-state index is 0.389. The van der Waals surface area contributed by atoms with Crippen LogP contribution in [0.3, 0.4) is 0 Å². The average molecular weight is 258 g/mol. The molecule has 18 heavy (non-hydrogen) atoms. The van der Waals surface area contributed by atoms with Gasteiger partial charge in [0.05, 0.1) is 12.2 Å². The van der Waals surface area contributed by atoms with Crippen molar-refractivity contribution in [3.8, 4) is 0 Å². The second-order valence-electron chi connectivity index (χ2n) is 3.93. The summed E-state index contributed by atoms with van der Waals surface area (Å²) in [5, 5.41) is 11.2. The van der Waals surface area contributed by atoms with Crippen molar-refractivity contribution in [2.24, 2.45) is 5.73 Å². The molecule has 2 aromatic rings. The van der Waals surface area contributed by atoms with E-state index < -0.39 is 0 Å². The van der Waals surface area contributed by atoms with E-state index in [9.17, 15) is 0 Å². The minimum atomic E-state index is 0.389. The summed E-state index contributed by atoms with van der Waals surface area (Å²) in [7, 11) is 0. The topological polar surface area (TPSA) is 63.8 Å². The van der Waals surface area contributed by atoms with Gasteiger partial charge in [0, 0.05) is 17.4 Å². The zero-order valence-corrected chi connectivity index (χ0v) is 10.9. The molecule has 0 unspecified atom stereocenters. The third-order valence-corrected chi connectivity index (χ3v) is 2.83. The van der Waals surface area contributed by atoms with Crippen LogP contribution < -0.4 is 11.1 Å². The molecule has 0 radical (unpaired) electrons. The van der Waals surface area contributed by atoms with Crippen LogP contribution in [0.1, 0.15) is 16.8 Å². The molecule has 0 aliphatic heterocycles. The van der Waals surface area contributed by atoms with Gasteiger partial charge >= 0.3 is 0 Å². The lowest BCUT2D eigenvalue weighted by molar-refractivity contribution is 0.924. The van der Waals surface area contributed by atoms with Crippen molar-refractivity contribution in [2.75, 3.05) is 5.32 Å². The standard InChI is InChI=1S/C13H14N4S/c1-9-4-2-6-11(13(14)18)12(9)15-8-10-5-3-7-16-17-10/h2-7,15H,8H2,1H3,(H2,14,18). The molecule has 0 aliphatic rings. The van der Waals surface area contributed by atoms with Crippen molar-refractivity contribution in [1.29, 1.82) is 0 Å². The highest BCUT2D eigenvalue weighted by Crippen LogP contribution is 2.20. The summed E-state index contributed by atoms with van der Waals surface area (Å²) in [5.41, 5.74) is 9.50. The van der Waals surface area contributed by atoms with E-state index in [-0.39, 0.29) is 0 Å². The Kier molecular flexibility index (Phi) is 3.84. The molecule has 0 fully saturated rings. The summed E-state index contributed by atoms with van der Waals surface area (Å²) < 4.78 is 0. The van der Waals surface area contributed by atoms with Crippen LogP contribution in [-0.2, 0) is 6.54 Å². The second kappa shape index (κ2) is 5.55. The molecule has 5 heteroatoms. The van der Waals surface area contributed by atoms with E-state index >= 15 is 0 Å². The van der Waals surface area contributed by atoms with Crippen LogP contribution in [0.2, 0.25) is 0 Å². The number of hydrogen-bond donors (Lipinski definition) is 2. The monoisotopic (exact) mass is 258 g/mol. The first-order valence-electron chi connectivity index (χ1n) is 5.58. The fraction of sp³-hybridized carbons (Fsp3) is 0.154. The summed E-state index contributed by atoms with van der Waals surface area (Å²) >= 11 is 5.05. The molecule has 0 amide bonds. The molecule has 3 N–H and O–H groups in total. The molecule has 92 valence electrons. The first kappa shape index (κ1) is 12.4. The highest BCUT2D eigenvalue weighted by atomic mass is 32.1. The second-order valence-corrected chi connectivity index (χ2v) is 4.37. The molecule has 0 bridgehead atoms. The quantitative estimate of drug-likeness (QED) is 0.822. The Hall–Kier alpha value is -2.01. The first-order valence-corrected chi connectivity index (χ1v) is 5.99. The molecule has 0 atom stereocenters. The van der Waals surface area contributed by atoms with Gasteiger partial charge in [-0.15, -0.1) is 0 Å². The average Bonchev–Trinajstić information content (AvgIpc) is 2.38. The molecule has 1 heterocycles. The Morgan fingerprint density at radius 2 is 2.17 bits per heavy atom. The third-order valence-electron chi connectivity index (χ3n) is 2.61. The van der Waals surface area contributed by atoms with Crippen molar-refractivity contribution < 1.29 is 0 Å². The Morgan fingerprint density at radius 3 is 2.83 bits per heavy atom. The number of aromatic nitrogens is 2. The SMILES string of the molecule is Cc1cccc(C(N)=S)c1NCc1cccnn1. The number of anilines is 1. The first-order chi connectivity index (χ1) is 8.68. The van der Waals surface area contributed by atoms with Gasteiger partial charge < -0.3 is 11.1 Å². The van der Waals surface area contributed by atoms with Gasteiger partial charge in [0.2, 0.25) is 0 Å². The lowest BCUT2D eigenvalue weighted by Gasteiger charge is -2.13. The van der Waals surface area contributed by atoms with Crippen LogP contribution in [0.25, 0.3) is 0 Å². The van der Waals surface area contributed by atoms with Crippen LogP contribution in [-0.4, -0.2) is 15.2 Å². The van der Waals surface area contributed by atoms with Gasteiger partial charge in [-0.25, -0.2) is 0 Å². The predicted octanol–water partition coefficient (Wildman–Crippen LogP) is 2.03. The largest absolute Gasteiger partial charge is 0.389 e. The number of rotatable bonds is 4. The smallest absolute Gasteiger partial charge is 0.106 e. The summed E-state index contributed by atoms with van der Waals surface area (Å²) in [4.78, 5) is 0.389. The number of nitrogens with zero attached hydrogens (tertiary/aromatic N) is 2. The number of thiocarbonyl (C=S) groups is 1. The van der Waals surface area contributed by atoms with Crippen LogP contribution in [0.15, 0.2) is 36.5 Å². The maximum atomic E-state index is 5.72. The van der Waals surface area contributed by atoms with Gasteiger partial charge in [-0.3, -0.25) is 0 Å². The van der Waals surface area contributed by atoms with Crippen LogP contribution in [0, 0.1) is 6.92 Å². The van der Waals surface area contributed by atoms with E-state index in [0.717, 1.165) is 22.5 Å². The van der Waals surface area contributed by atoms with Crippen molar-refractivity contribution in [3.63, 3.8) is 0 Å². The highest BCUT2D eigenvalue weighted by Gasteiger charge is 2.07. The summed E-state index contributed by atoms with van der Waals surface area (Å²) in [6.07, 6.45) is 1.65. The predicted molar refractivity (Wildman–Crippen MR) is 76.4 cm³/mol. The lowest BCUT2D eigenvalue weighted by Crippen LogP contribution is -2.14. The fourth-order valence-corrected chi connectivity index (χ4v) is 1.88. The van der Waals surface area contributed by atoms with E-state index in [0.29, 0.717) is 11.5 Å². The number of nitrogens with one attached hydrogen (secondary N) is 1. The summed E-state index contributed by atoms with van der Waals surface area (Å²) in [5.74, 6) is 0. The molecule has 2 rings (SSSR count). The molecule has 0 aliphatic carbocycles. The molecular weight excluding hydrogens is 244 g/mol. The van der Waals surface area contributed by atoms with Crippen molar-refractivity contribution >= 4 is 22.9 Å². The molecular formula is C13H14N4S. The Morgan fingerprint density at radius 1 is 1.33 bits per heavy atom. The van der Waals surface area contributed by atoms with Crippen molar-refractivity contribution in [3.05, 3.63) is 53.3 Å². The molecule has 0 saturated heterocycles. The molecule has 0 spiro atoms. The number of para-hydroxylation sites is 1. The minimum Gasteiger partial charge on any atom is -0.389 e. The van der Waals surface area contributed by atoms with Gasteiger partial charge in [-0.05, 0) is 30.7 Å². The van der Waals surface area contributed by atoms with Gasteiger partial charge in [-0.1, -0.05) is 24.4 Å². The highest BCUT2D eigenvalue weighted by molar-refractivity contribution is 7.80. The van der Waals surface area contributed by atoms with Crippen LogP contribution in [0.5, 0.6) is 0 Å². The van der Waals surface area contributed by atoms with E-state index in [1.807, 2.05) is 37.3 Å². The van der Waals surface area contributed by atoms with Crippen LogP contribution in [0.4, 0.5) is 5.69 Å². The van der Waals surface area contributed by atoms with Crippen LogP contribution >= 0.6 is 12.2 Å². The normalized spacial score (nSPS) is 10.1. The maximum absolute atomic E-state index is 5.72. The van der Waals surface area contributed by atoms with E-state index in [2.05, 4.69) is 15.5 Å². The number of aryl methyl sites for hydroxylation is 1. The van der Waals surface area contributed by atoms with E-state index in [1.165, 1.54) is 0 Å². The molecule has 1 aromatic heterocycles. The number of hydrogen-bond acceptors (Lipinski definition) is 4. The van der Waals surface area contributed by atoms with Gasteiger partial charge in [-0.2, -0.15) is 10.2 Å². The van der Waals surface area contributed by atoms with Crippen molar-refractivity contribution in [1.82, 2.24) is 10.2 Å². The van der Waals surface area contributed by atoms with Gasteiger partial charge in [0.15, 0.2) is 0 Å². The number of benzene rings is 1.